The smallest absolute Gasteiger partial charge is 0.307 e. The van der Waals surface area contributed by atoms with Crippen molar-refractivity contribution in [2.75, 3.05) is 33.4 Å². The fourth-order valence-electron chi connectivity index (χ4n) is 1.62. The lowest BCUT2D eigenvalue weighted by atomic mass is 10.2. The maximum atomic E-state index is 11.3. The summed E-state index contributed by atoms with van der Waals surface area (Å²) in [6.45, 7) is 2.08. The van der Waals surface area contributed by atoms with E-state index in [4.69, 9.17) is 4.74 Å². The molecule has 0 bridgehead atoms. The number of esters is 1. The Morgan fingerprint density at radius 2 is 2.22 bits per heavy atom. The first-order chi connectivity index (χ1) is 8.22. The van der Waals surface area contributed by atoms with E-state index in [-0.39, 0.29) is 43.4 Å². The van der Waals surface area contributed by atoms with Gasteiger partial charge in [0.05, 0.1) is 26.2 Å². The number of amides is 1. The van der Waals surface area contributed by atoms with Gasteiger partial charge >= 0.3 is 5.97 Å². The standard InChI is InChI=1S/C11H20N2O4.ClH/c1-16-11(15)4-5-13-10(14)8-12-7-9-3-2-6-17-9;/h9,12H,2-8H2,1H3,(H,13,14);1H. The van der Waals surface area contributed by atoms with Crippen molar-refractivity contribution in [3.8, 4) is 0 Å². The van der Waals surface area contributed by atoms with Gasteiger partial charge in [-0.1, -0.05) is 0 Å². The molecule has 1 saturated heterocycles. The highest BCUT2D eigenvalue weighted by Crippen LogP contribution is 2.10. The van der Waals surface area contributed by atoms with Gasteiger partial charge in [0.15, 0.2) is 0 Å². The summed E-state index contributed by atoms with van der Waals surface area (Å²) in [6.07, 6.45) is 2.58. The van der Waals surface area contributed by atoms with Gasteiger partial charge in [-0.05, 0) is 12.8 Å². The number of carbonyl (C=O) groups excluding carboxylic acids is 2. The van der Waals surface area contributed by atoms with E-state index in [1.165, 1.54) is 7.11 Å². The first-order valence-corrected chi connectivity index (χ1v) is 5.88. The number of hydrogen-bond acceptors (Lipinski definition) is 5. The number of rotatable bonds is 7. The van der Waals surface area contributed by atoms with Gasteiger partial charge in [-0.3, -0.25) is 9.59 Å². The van der Waals surface area contributed by atoms with Crippen molar-refractivity contribution < 1.29 is 19.1 Å². The van der Waals surface area contributed by atoms with Gasteiger partial charge < -0.3 is 20.1 Å². The van der Waals surface area contributed by atoms with Crippen LogP contribution in [-0.4, -0.2) is 51.3 Å². The highest BCUT2D eigenvalue weighted by atomic mass is 35.5. The van der Waals surface area contributed by atoms with Crippen molar-refractivity contribution in [1.29, 1.82) is 0 Å². The third-order valence-corrected chi connectivity index (χ3v) is 2.56. The minimum absolute atomic E-state index is 0. The molecule has 1 atom stereocenters. The molecule has 0 aromatic heterocycles. The second-order valence-electron chi connectivity index (χ2n) is 3.94. The van der Waals surface area contributed by atoms with Crippen LogP contribution in [0.4, 0.5) is 0 Å². The summed E-state index contributed by atoms with van der Waals surface area (Å²) < 4.78 is 9.86. The van der Waals surface area contributed by atoms with Gasteiger partial charge in [0.1, 0.15) is 0 Å². The van der Waals surface area contributed by atoms with E-state index < -0.39 is 0 Å². The highest BCUT2D eigenvalue weighted by Gasteiger charge is 2.14. The number of halogens is 1. The fourth-order valence-corrected chi connectivity index (χ4v) is 1.62. The Morgan fingerprint density at radius 1 is 1.44 bits per heavy atom. The van der Waals surface area contributed by atoms with Crippen LogP contribution in [0.5, 0.6) is 0 Å². The maximum absolute atomic E-state index is 11.3. The van der Waals surface area contributed by atoms with Gasteiger partial charge in [0.25, 0.3) is 0 Å². The molecule has 1 aliphatic rings. The van der Waals surface area contributed by atoms with E-state index in [1.54, 1.807) is 0 Å². The van der Waals surface area contributed by atoms with Crippen LogP contribution in [0.15, 0.2) is 0 Å². The Hall–Kier alpha value is -0.850. The molecular formula is C11H21ClN2O4. The van der Waals surface area contributed by atoms with Crippen molar-refractivity contribution in [2.45, 2.75) is 25.4 Å². The SMILES string of the molecule is COC(=O)CCNC(=O)CNCC1CCCO1.Cl. The number of carbonyl (C=O) groups is 2. The second kappa shape index (κ2) is 10.1. The molecule has 18 heavy (non-hydrogen) atoms. The van der Waals surface area contributed by atoms with E-state index in [0.29, 0.717) is 13.1 Å². The molecule has 1 aliphatic heterocycles. The van der Waals surface area contributed by atoms with Crippen molar-refractivity contribution in [3.05, 3.63) is 0 Å². The van der Waals surface area contributed by atoms with Crippen LogP contribution in [0, 0.1) is 0 Å². The molecule has 2 N–H and O–H groups in total. The van der Waals surface area contributed by atoms with Gasteiger partial charge in [0.2, 0.25) is 5.91 Å². The third-order valence-electron chi connectivity index (χ3n) is 2.56. The number of ether oxygens (including phenoxy) is 2. The summed E-state index contributed by atoms with van der Waals surface area (Å²) >= 11 is 0. The lowest BCUT2D eigenvalue weighted by molar-refractivity contribution is -0.140. The van der Waals surface area contributed by atoms with Crippen LogP contribution in [0.3, 0.4) is 0 Å². The largest absolute Gasteiger partial charge is 0.469 e. The Balaban J connectivity index is 0.00000289. The van der Waals surface area contributed by atoms with Crippen molar-refractivity contribution in [2.24, 2.45) is 0 Å². The molecule has 0 aromatic rings. The highest BCUT2D eigenvalue weighted by molar-refractivity contribution is 5.85. The molecule has 7 heteroatoms. The van der Waals surface area contributed by atoms with E-state index in [1.807, 2.05) is 0 Å². The van der Waals surface area contributed by atoms with Crippen molar-refractivity contribution >= 4 is 24.3 Å². The summed E-state index contributed by atoms with van der Waals surface area (Å²) in [5.74, 6) is -0.440. The number of nitrogens with one attached hydrogen (secondary N) is 2. The second-order valence-corrected chi connectivity index (χ2v) is 3.94. The molecule has 1 amide bonds. The fraction of sp³-hybridized carbons (Fsp3) is 0.818. The summed E-state index contributed by atoms with van der Waals surface area (Å²) in [5.41, 5.74) is 0. The lowest BCUT2D eigenvalue weighted by Gasteiger charge is -2.10. The Labute approximate surface area is 113 Å². The van der Waals surface area contributed by atoms with Crippen LogP contribution < -0.4 is 10.6 Å². The number of methoxy groups -OCH3 is 1. The Morgan fingerprint density at radius 3 is 2.83 bits per heavy atom. The molecule has 0 saturated carbocycles. The van der Waals surface area contributed by atoms with Crippen LogP contribution in [0.2, 0.25) is 0 Å². The van der Waals surface area contributed by atoms with Gasteiger partial charge in [0, 0.05) is 19.7 Å². The molecule has 1 rings (SSSR count). The average Bonchev–Trinajstić information content (AvgIpc) is 2.82. The van der Waals surface area contributed by atoms with Gasteiger partial charge in [-0.25, -0.2) is 0 Å². The minimum Gasteiger partial charge on any atom is -0.469 e. The molecule has 0 aliphatic carbocycles. The first kappa shape index (κ1) is 17.2. The zero-order chi connectivity index (χ0) is 12.5. The van der Waals surface area contributed by atoms with Crippen LogP contribution in [0.1, 0.15) is 19.3 Å². The van der Waals surface area contributed by atoms with Gasteiger partial charge in [-0.2, -0.15) is 0 Å². The molecular weight excluding hydrogens is 260 g/mol. The van der Waals surface area contributed by atoms with Crippen molar-refractivity contribution in [1.82, 2.24) is 10.6 Å². The molecule has 106 valence electrons. The molecule has 1 fully saturated rings. The average molecular weight is 281 g/mol. The maximum Gasteiger partial charge on any atom is 0.307 e. The summed E-state index contributed by atoms with van der Waals surface area (Å²) in [6, 6.07) is 0. The zero-order valence-electron chi connectivity index (χ0n) is 10.6. The first-order valence-electron chi connectivity index (χ1n) is 5.88. The van der Waals surface area contributed by atoms with Crippen LogP contribution in [0.25, 0.3) is 0 Å². The monoisotopic (exact) mass is 280 g/mol. The van der Waals surface area contributed by atoms with Crippen LogP contribution in [-0.2, 0) is 19.1 Å². The number of hydrogen-bond donors (Lipinski definition) is 2. The Kier molecular flexibility index (Phi) is 9.63. The van der Waals surface area contributed by atoms with E-state index in [2.05, 4.69) is 15.4 Å². The molecule has 1 unspecified atom stereocenters. The predicted molar refractivity (Wildman–Crippen MR) is 68.7 cm³/mol. The van der Waals surface area contributed by atoms with E-state index in [0.717, 1.165) is 19.4 Å². The van der Waals surface area contributed by atoms with E-state index >= 15 is 0 Å². The molecule has 0 spiro atoms. The normalized spacial score (nSPS) is 17.9. The molecule has 0 radical (unpaired) electrons. The minimum atomic E-state index is -0.322. The third kappa shape index (κ3) is 7.47. The van der Waals surface area contributed by atoms with E-state index in [9.17, 15) is 9.59 Å². The molecule has 6 nitrogen and oxygen atoms in total. The topological polar surface area (TPSA) is 76.7 Å². The quantitative estimate of drug-likeness (QED) is 0.635. The molecule has 0 aromatic carbocycles. The Bertz CT molecular complexity index is 257. The summed E-state index contributed by atoms with van der Waals surface area (Å²) in [4.78, 5) is 22.1. The summed E-state index contributed by atoms with van der Waals surface area (Å²) in [5, 5.41) is 5.66. The summed E-state index contributed by atoms with van der Waals surface area (Å²) in [7, 11) is 1.33. The predicted octanol–water partition coefficient (Wildman–Crippen LogP) is -0.144. The van der Waals surface area contributed by atoms with Gasteiger partial charge in [-0.15, -0.1) is 12.4 Å². The molecule has 1 heterocycles. The lowest BCUT2D eigenvalue weighted by Crippen LogP contribution is -2.37. The zero-order valence-corrected chi connectivity index (χ0v) is 11.4. The van der Waals surface area contributed by atoms with Crippen LogP contribution >= 0.6 is 12.4 Å². The van der Waals surface area contributed by atoms with Crippen molar-refractivity contribution in [3.63, 3.8) is 0 Å².